The highest BCUT2D eigenvalue weighted by Crippen LogP contribution is 2.26. The molecule has 3 nitrogen and oxygen atoms in total. The number of fused-ring (bicyclic) bond motifs is 1. The summed E-state index contributed by atoms with van der Waals surface area (Å²) < 4.78 is 1.01. The first-order valence-electron chi connectivity index (χ1n) is 5.72. The molecule has 0 amide bonds. The molecule has 0 aliphatic carbocycles. The highest BCUT2D eigenvalue weighted by molar-refractivity contribution is 9.10. The van der Waals surface area contributed by atoms with E-state index in [2.05, 4.69) is 37.9 Å². The molecule has 1 saturated heterocycles. The number of anilines is 1. The lowest BCUT2D eigenvalue weighted by Crippen LogP contribution is -2.22. The number of β-amino-alcohol motifs (C(OH)–C–C–N with tert-alkyl or cyclic N) is 1. The smallest absolute Gasteiger partial charge is 0.129 e. The average molecular weight is 293 g/mol. The highest BCUT2D eigenvalue weighted by Gasteiger charge is 2.21. The molecule has 3 rings (SSSR count). The number of hydrogen-bond donors (Lipinski definition) is 1. The molecule has 1 aromatic carbocycles. The van der Waals surface area contributed by atoms with Crippen LogP contribution in [0.15, 0.2) is 34.8 Å². The van der Waals surface area contributed by atoms with Crippen molar-refractivity contribution in [2.24, 2.45) is 0 Å². The SMILES string of the molecule is O[C@H]1CCN(c2ccc3cccc(Br)c3n2)C1. The van der Waals surface area contributed by atoms with Crippen molar-refractivity contribution in [2.75, 3.05) is 18.0 Å². The van der Waals surface area contributed by atoms with Gasteiger partial charge in [-0.05, 0) is 40.5 Å². The van der Waals surface area contributed by atoms with Crippen LogP contribution in [0.25, 0.3) is 10.9 Å². The molecule has 1 N–H and O–H groups in total. The number of aromatic nitrogens is 1. The van der Waals surface area contributed by atoms with Gasteiger partial charge < -0.3 is 10.0 Å². The van der Waals surface area contributed by atoms with E-state index in [1.54, 1.807) is 0 Å². The van der Waals surface area contributed by atoms with Gasteiger partial charge in [-0.25, -0.2) is 4.98 Å². The molecule has 0 unspecified atom stereocenters. The van der Waals surface area contributed by atoms with Gasteiger partial charge in [-0.2, -0.15) is 0 Å². The third-order valence-electron chi connectivity index (χ3n) is 3.14. The minimum Gasteiger partial charge on any atom is -0.391 e. The van der Waals surface area contributed by atoms with Gasteiger partial charge in [0.1, 0.15) is 5.82 Å². The third-order valence-corrected chi connectivity index (χ3v) is 3.78. The number of nitrogens with zero attached hydrogens (tertiary/aromatic N) is 2. The summed E-state index contributed by atoms with van der Waals surface area (Å²) in [5, 5.41) is 10.7. The van der Waals surface area contributed by atoms with Gasteiger partial charge in [0, 0.05) is 22.9 Å². The van der Waals surface area contributed by atoms with Crippen LogP contribution in [0.1, 0.15) is 6.42 Å². The van der Waals surface area contributed by atoms with E-state index in [0.717, 1.165) is 34.2 Å². The van der Waals surface area contributed by atoms with Crippen LogP contribution in [0, 0.1) is 0 Å². The van der Waals surface area contributed by atoms with Crippen LogP contribution in [0.3, 0.4) is 0 Å². The van der Waals surface area contributed by atoms with Crippen LogP contribution in [0.4, 0.5) is 5.82 Å². The predicted molar refractivity (Wildman–Crippen MR) is 72.3 cm³/mol. The summed E-state index contributed by atoms with van der Waals surface area (Å²) in [6.45, 7) is 1.56. The van der Waals surface area contributed by atoms with Gasteiger partial charge >= 0.3 is 0 Å². The van der Waals surface area contributed by atoms with Gasteiger partial charge in [-0.1, -0.05) is 12.1 Å². The molecule has 0 spiro atoms. The zero-order valence-corrected chi connectivity index (χ0v) is 10.9. The van der Waals surface area contributed by atoms with E-state index >= 15 is 0 Å². The molecule has 1 atom stereocenters. The third kappa shape index (κ3) is 2.03. The first kappa shape index (κ1) is 11.0. The topological polar surface area (TPSA) is 36.4 Å². The van der Waals surface area contributed by atoms with Crippen molar-refractivity contribution in [3.05, 3.63) is 34.8 Å². The maximum Gasteiger partial charge on any atom is 0.129 e. The second-order valence-electron chi connectivity index (χ2n) is 4.37. The number of aliphatic hydroxyl groups excluding tert-OH is 1. The van der Waals surface area contributed by atoms with E-state index in [0.29, 0.717) is 6.54 Å². The minimum atomic E-state index is -0.216. The molecule has 0 saturated carbocycles. The van der Waals surface area contributed by atoms with Crippen LogP contribution in [0.2, 0.25) is 0 Å². The average Bonchev–Trinajstić information content (AvgIpc) is 2.76. The summed E-state index contributed by atoms with van der Waals surface area (Å²) >= 11 is 3.52. The van der Waals surface area contributed by atoms with Gasteiger partial charge in [-0.3, -0.25) is 0 Å². The van der Waals surface area contributed by atoms with E-state index in [1.165, 1.54) is 0 Å². The maximum atomic E-state index is 9.55. The maximum absolute atomic E-state index is 9.55. The Labute approximate surface area is 108 Å². The van der Waals surface area contributed by atoms with Gasteiger partial charge in [0.05, 0.1) is 11.6 Å². The zero-order valence-electron chi connectivity index (χ0n) is 9.31. The van der Waals surface area contributed by atoms with Crippen molar-refractivity contribution in [2.45, 2.75) is 12.5 Å². The Morgan fingerprint density at radius 1 is 1.29 bits per heavy atom. The molecule has 88 valence electrons. The number of aliphatic hydroxyl groups is 1. The lowest BCUT2D eigenvalue weighted by atomic mass is 10.2. The predicted octanol–water partition coefficient (Wildman–Crippen LogP) is 2.57. The molecular weight excluding hydrogens is 280 g/mol. The molecule has 0 radical (unpaired) electrons. The molecule has 0 bridgehead atoms. The summed E-state index contributed by atoms with van der Waals surface area (Å²) in [7, 11) is 0. The number of benzene rings is 1. The summed E-state index contributed by atoms with van der Waals surface area (Å²) in [5.74, 6) is 0.945. The Bertz CT molecular complexity index is 558. The zero-order chi connectivity index (χ0) is 11.8. The summed E-state index contributed by atoms with van der Waals surface area (Å²) in [6, 6.07) is 10.2. The van der Waals surface area contributed by atoms with E-state index < -0.39 is 0 Å². The Morgan fingerprint density at radius 3 is 2.94 bits per heavy atom. The highest BCUT2D eigenvalue weighted by atomic mass is 79.9. The minimum absolute atomic E-state index is 0.216. The van der Waals surface area contributed by atoms with Crippen LogP contribution < -0.4 is 4.90 Å². The fourth-order valence-electron chi connectivity index (χ4n) is 2.23. The second kappa shape index (κ2) is 4.27. The Balaban J connectivity index is 2.04. The molecule has 4 heteroatoms. The molecule has 1 aliphatic rings. The normalized spacial score (nSPS) is 20.1. The van der Waals surface area contributed by atoms with Gasteiger partial charge in [0.15, 0.2) is 0 Å². The van der Waals surface area contributed by atoms with Gasteiger partial charge in [0.2, 0.25) is 0 Å². The van der Waals surface area contributed by atoms with Crippen molar-refractivity contribution in [3.8, 4) is 0 Å². The lowest BCUT2D eigenvalue weighted by molar-refractivity contribution is 0.198. The second-order valence-corrected chi connectivity index (χ2v) is 5.22. The molecule has 1 aromatic heterocycles. The van der Waals surface area contributed by atoms with Gasteiger partial charge in [-0.15, -0.1) is 0 Å². The fourth-order valence-corrected chi connectivity index (χ4v) is 2.70. The molecule has 1 aliphatic heterocycles. The quantitative estimate of drug-likeness (QED) is 0.878. The van der Waals surface area contributed by atoms with Crippen molar-refractivity contribution in [1.29, 1.82) is 0 Å². The van der Waals surface area contributed by atoms with Crippen LogP contribution >= 0.6 is 15.9 Å². The lowest BCUT2D eigenvalue weighted by Gasteiger charge is -2.17. The molecule has 17 heavy (non-hydrogen) atoms. The standard InChI is InChI=1S/C13H13BrN2O/c14-11-3-1-2-9-4-5-12(15-13(9)11)16-7-6-10(17)8-16/h1-5,10,17H,6-8H2/t10-/m0/s1. The van der Waals surface area contributed by atoms with Crippen LogP contribution in [-0.2, 0) is 0 Å². The van der Waals surface area contributed by atoms with Crippen molar-refractivity contribution < 1.29 is 5.11 Å². The summed E-state index contributed by atoms with van der Waals surface area (Å²) in [5.41, 5.74) is 0.978. The fraction of sp³-hybridized carbons (Fsp3) is 0.308. The van der Waals surface area contributed by atoms with Crippen LogP contribution in [-0.4, -0.2) is 29.3 Å². The molecule has 1 fully saturated rings. The molecule has 2 heterocycles. The summed E-state index contributed by atoms with van der Waals surface area (Å²) in [4.78, 5) is 6.79. The number of hydrogen-bond acceptors (Lipinski definition) is 3. The van der Waals surface area contributed by atoms with E-state index in [1.807, 2.05) is 18.2 Å². The molecule has 2 aromatic rings. The van der Waals surface area contributed by atoms with E-state index in [4.69, 9.17) is 0 Å². The Hall–Kier alpha value is -1.13. The molecular formula is C13H13BrN2O. The van der Waals surface area contributed by atoms with Crippen molar-refractivity contribution in [1.82, 2.24) is 4.98 Å². The van der Waals surface area contributed by atoms with Crippen molar-refractivity contribution >= 4 is 32.7 Å². The van der Waals surface area contributed by atoms with E-state index in [9.17, 15) is 5.11 Å². The van der Waals surface area contributed by atoms with Crippen LogP contribution in [0.5, 0.6) is 0 Å². The summed E-state index contributed by atoms with van der Waals surface area (Å²) in [6.07, 6.45) is 0.613. The van der Waals surface area contributed by atoms with E-state index in [-0.39, 0.29) is 6.10 Å². The number of rotatable bonds is 1. The number of halogens is 1. The Morgan fingerprint density at radius 2 is 2.18 bits per heavy atom. The first-order chi connectivity index (χ1) is 8.24. The number of pyridine rings is 1. The number of para-hydroxylation sites is 1. The van der Waals surface area contributed by atoms with Gasteiger partial charge in [0.25, 0.3) is 0 Å². The largest absolute Gasteiger partial charge is 0.391 e. The monoisotopic (exact) mass is 292 g/mol. The Kier molecular flexibility index (Phi) is 2.76. The first-order valence-corrected chi connectivity index (χ1v) is 6.51. The van der Waals surface area contributed by atoms with Crippen molar-refractivity contribution in [3.63, 3.8) is 0 Å².